The van der Waals surface area contributed by atoms with Crippen molar-refractivity contribution in [3.05, 3.63) is 35.6 Å². The lowest BCUT2D eigenvalue weighted by Gasteiger charge is -2.43. The molecular formula is C22H33FN2O3. The minimum absolute atomic E-state index is 0.0791. The third kappa shape index (κ3) is 4.65. The van der Waals surface area contributed by atoms with Crippen molar-refractivity contribution < 1.29 is 18.7 Å². The minimum atomic E-state index is -0.561. The van der Waals surface area contributed by atoms with Crippen LogP contribution in [0.25, 0.3) is 0 Å². The largest absolute Gasteiger partial charge is 0.444 e. The molecule has 0 saturated heterocycles. The molecule has 1 fully saturated rings. The molecule has 156 valence electrons. The Hall–Kier alpha value is -2.11. The van der Waals surface area contributed by atoms with Crippen molar-refractivity contribution in [1.29, 1.82) is 0 Å². The van der Waals surface area contributed by atoms with E-state index in [0.29, 0.717) is 6.54 Å². The second-order valence-electron chi connectivity index (χ2n) is 9.58. The number of halogens is 1. The summed E-state index contributed by atoms with van der Waals surface area (Å²) in [6.07, 6.45) is 1.21. The fraction of sp³-hybridized carbons (Fsp3) is 0.636. The van der Waals surface area contributed by atoms with Gasteiger partial charge in [0.1, 0.15) is 11.4 Å². The Morgan fingerprint density at radius 1 is 1.25 bits per heavy atom. The van der Waals surface area contributed by atoms with Gasteiger partial charge in [0.2, 0.25) is 0 Å². The highest BCUT2D eigenvalue weighted by Gasteiger charge is 2.53. The summed E-state index contributed by atoms with van der Waals surface area (Å²) in [6, 6.07) is 6.02. The van der Waals surface area contributed by atoms with Crippen molar-refractivity contribution in [2.24, 2.45) is 11.3 Å². The highest BCUT2D eigenvalue weighted by atomic mass is 19.1. The van der Waals surface area contributed by atoms with E-state index in [9.17, 15) is 14.0 Å². The van der Waals surface area contributed by atoms with Crippen LogP contribution in [0.5, 0.6) is 0 Å². The molecule has 0 aliphatic heterocycles. The van der Waals surface area contributed by atoms with Crippen LogP contribution in [0.3, 0.4) is 0 Å². The third-order valence-corrected chi connectivity index (χ3v) is 6.16. The predicted molar refractivity (Wildman–Crippen MR) is 108 cm³/mol. The minimum Gasteiger partial charge on any atom is -0.444 e. The SMILES string of the molecule is CN(C[C@H]1CC[C@@](C)(NC(=O)OC(C)(C)C)C1(C)C)C(=O)c1ccccc1F. The van der Waals surface area contributed by atoms with Crippen LogP contribution in [0.1, 0.15) is 64.7 Å². The Morgan fingerprint density at radius 2 is 1.86 bits per heavy atom. The highest BCUT2D eigenvalue weighted by Crippen LogP contribution is 2.50. The van der Waals surface area contributed by atoms with Gasteiger partial charge in [0.05, 0.1) is 5.56 Å². The van der Waals surface area contributed by atoms with E-state index in [1.165, 1.54) is 12.1 Å². The van der Waals surface area contributed by atoms with E-state index in [-0.39, 0.29) is 22.8 Å². The van der Waals surface area contributed by atoms with Crippen LogP contribution < -0.4 is 5.32 Å². The number of carbonyl (C=O) groups excluding carboxylic acids is 2. The molecule has 2 rings (SSSR count). The molecule has 0 bridgehead atoms. The Kier molecular flexibility index (Phi) is 6.12. The molecule has 1 aliphatic rings. The second kappa shape index (κ2) is 7.72. The average molecular weight is 393 g/mol. The van der Waals surface area contributed by atoms with Crippen molar-refractivity contribution in [3.63, 3.8) is 0 Å². The first-order valence-corrected chi connectivity index (χ1v) is 9.78. The number of ether oxygens (including phenoxy) is 1. The molecule has 6 heteroatoms. The van der Waals surface area contributed by atoms with Crippen LogP contribution in [0.4, 0.5) is 9.18 Å². The Balaban J connectivity index is 2.08. The zero-order valence-corrected chi connectivity index (χ0v) is 18.1. The summed E-state index contributed by atoms with van der Waals surface area (Å²) in [5.41, 5.74) is -1.21. The van der Waals surface area contributed by atoms with Gasteiger partial charge in [-0.2, -0.15) is 0 Å². The van der Waals surface area contributed by atoms with E-state index < -0.39 is 23.1 Å². The number of hydrogen-bond acceptors (Lipinski definition) is 3. The summed E-state index contributed by atoms with van der Waals surface area (Å²) < 4.78 is 19.4. The number of hydrogen-bond donors (Lipinski definition) is 1. The lowest BCUT2D eigenvalue weighted by molar-refractivity contribution is 0.0325. The maximum atomic E-state index is 14.0. The lowest BCUT2D eigenvalue weighted by atomic mass is 9.71. The van der Waals surface area contributed by atoms with Crippen molar-refractivity contribution in [1.82, 2.24) is 10.2 Å². The van der Waals surface area contributed by atoms with Crippen LogP contribution in [0.2, 0.25) is 0 Å². The standard InChI is InChI=1S/C22H33FN2O3/c1-20(2,3)28-19(27)24-22(6)13-12-15(21(22,4)5)14-25(7)18(26)16-10-8-9-11-17(16)23/h8-11,15H,12-14H2,1-7H3,(H,24,27)/t15-,22-/m1/s1. The maximum absolute atomic E-state index is 14.0. The van der Waals surface area contributed by atoms with Crippen LogP contribution in [0, 0.1) is 17.2 Å². The number of rotatable bonds is 4. The first-order valence-electron chi connectivity index (χ1n) is 9.78. The van der Waals surface area contributed by atoms with Gasteiger partial charge >= 0.3 is 6.09 Å². The Labute approximate surface area is 167 Å². The summed E-state index contributed by atoms with van der Waals surface area (Å²) in [7, 11) is 1.70. The quantitative estimate of drug-likeness (QED) is 0.814. The second-order valence-corrected chi connectivity index (χ2v) is 9.58. The summed E-state index contributed by atoms with van der Waals surface area (Å²) in [4.78, 5) is 26.6. The number of carbonyl (C=O) groups is 2. The predicted octanol–water partition coefficient (Wildman–Crippen LogP) is 4.62. The summed E-state index contributed by atoms with van der Waals surface area (Å²) >= 11 is 0. The number of benzene rings is 1. The smallest absolute Gasteiger partial charge is 0.408 e. The van der Waals surface area contributed by atoms with Gasteiger partial charge in [-0.3, -0.25) is 4.79 Å². The maximum Gasteiger partial charge on any atom is 0.408 e. The van der Waals surface area contributed by atoms with Gasteiger partial charge in [-0.15, -0.1) is 0 Å². The Morgan fingerprint density at radius 3 is 2.43 bits per heavy atom. The van der Waals surface area contributed by atoms with Gasteiger partial charge in [-0.05, 0) is 64.0 Å². The first kappa shape index (κ1) is 22.2. The third-order valence-electron chi connectivity index (χ3n) is 6.16. The number of amides is 2. The van der Waals surface area contributed by atoms with Crippen molar-refractivity contribution in [3.8, 4) is 0 Å². The van der Waals surface area contributed by atoms with Crippen LogP contribution in [-0.2, 0) is 4.74 Å². The van der Waals surface area contributed by atoms with Crippen molar-refractivity contribution in [2.75, 3.05) is 13.6 Å². The molecule has 1 saturated carbocycles. The van der Waals surface area contributed by atoms with Crippen LogP contribution in [-0.4, -0.2) is 41.6 Å². The van der Waals surface area contributed by atoms with Gasteiger partial charge in [0.15, 0.2) is 0 Å². The first-order chi connectivity index (χ1) is 12.8. The van der Waals surface area contributed by atoms with Gasteiger partial charge in [-0.25, -0.2) is 9.18 Å². The van der Waals surface area contributed by atoms with Crippen molar-refractivity contribution >= 4 is 12.0 Å². The zero-order chi connectivity index (χ0) is 21.3. The van der Waals surface area contributed by atoms with E-state index in [1.807, 2.05) is 27.7 Å². The summed E-state index contributed by atoms with van der Waals surface area (Å²) in [5.74, 6) is -0.683. The summed E-state index contributed by atoms with van der Waals surface area (Å²) in [6.45, 7) is 12.2. The fourth-order valence-electron chi connectivity index (χ4n) is 3.92. The van der Waals surface area contributed by atoms with E-state index >= 15 is 0 Å². The van der Waals surface area contributed by atoms with E-state index in [1.54, 1.807) is 24.1 Å². The fourth-order valence-corrected chi connectivity index (χ4v) is 3.92. The van der Waals surface area contributed by atoms with Crippen LogP contribution >= 0.6 is 0 Å². The molecule has 1 aliphatic carbocycles. The normalized spacial score (nSPS) is 23.9. The highest BCUT2D eigenvalue weighted by molar-refractivity contribution is 5.94. The molecule has 1 N–H and O–H groups in total. The summed E-state index contributed by atoms with van der Waals surface area (Å²) in [5, 5.41) is 3.05. The monoisotopic (exact) mass is 392 g/mol. The molecular weight excluding hydrogens is 359 g/mol. The van der Waals surface area contributed by atoms with Gasteiger partial charge in [0, 0.05) is 19.1 Å². The van der Waals surface area contributed by atoms with Crippen molar-refractivity contribution in [2.45, 2.75) is 65.5 Å². The zero-order valence-electron chi connectivity index (χ0n) is 18.1. The molecule has 0 spiro atoms. The van der Waals surface area contributed by atoms with E-state index in [0.717, 1.165) is 12.8 Å². The van der Waals surface area contributed by atoms with E-state index in [2.05, 4.69) is 19.2 Å². The number of nitrogens with one attached hydrogen (secondary N) is 1. The molecule has 5 nitrogen and oxygen atoms in total. The Bertz CT molecular complexity index is 742. The number of alkyl carbamates (subject to hydrolysis) is 1. The van der Waals surface area contributed by atoms with Gasteiger partial charge in [0.25, 0.3) is 5.91 Å². The van der Waals surface area contributed by atoms with E-state index in [4.69, 9.17) is 4.74 Å². The molecule has 0 aromatic heterocycles. The molecule has 1 aromatic rings. The molecule has 2 atom stereocenters. The topological polar surface area (TPSA) is 58.6 Å². The van der Waals surface area contributed by atoms with Gasteiger partial charge < -0.3 is 15.0 Å². The number of nitrogens with zero attached hydrogens (tertiary/aromatic N) is 1. The molecule has 0 unspecified atom stereocenters. The molecule has 28 heavy (non-hydrogen) atoms. The molecule has 2 amide bonds. The lowest BCUT2D eigenvalue weighted by Crippen LogP contribution is -2.56. The molecule has 0 heterocycles. The van der Waals surface area contributed by atoms with Crippen LogP contribution in [0.15, 0.2) is 24.3 Å². The molecule has 1 aromatic carbocycles. The molecule has 0 radical (unpaired) electrons. The van der Waals surface area contributed by atoms with Gasteiger partial charge in [-0.1, -0.05) is 26.0 Å². The average Bonchev–Trinajstić information content (AvgIpc) is 2.76.